The molecule has 0 aliphatic carbocycles. The van der Waals surface area contributed by atoms with E-state index in [1.165, 1.54) is 7.11 Å². The molecule has 0 fully saturated rings. The Morgan fingerprint density at radius 1 is 1.28 bits per heavy atom. The van der Waals surface area contributed by atoms with Crippen LogP contribution >= 0.6 is 0 Å². The number of nitrogens with zero attached hydrogens (tertiary/aromatic N) is 1. The summed E-state index contributed by atoms with van der Waals surface area (Å²) in [6, 6.07) is 6.62. The van der Waals surface area contributed by atoms with E-state index in [1.807, 2.05) is 6.92 Å². The van der Waals surface area contributed by atoms with E-state index in [2.05, 4.69) is 10.9 Å². The Balaban J connectivity index is 2.65. The standard InChI is InChI=1S/C17H25N3O5/c1-3-4-5-8-13(11-20(24)12-21)16(22)18-19-17(23)14-9-6-7-10-15(14)25-2/h6-7,9-10,12-13,24H,3-5,8,11H2,1-2H3,(H,18,22)(H,19,23)/t13-/m1/s1. The third-order valence-electron chi connectivity index (χ3n) is 3.71. The number of benzene rings is 1. The second-order valence-corrected chi connectivity index (χ2v) is 5.56. The summed E-state index contributed by atoms with van der Waals surface area (Å²) in [4.78, 5) is 35.0. The van der Waals surface area contributed by atoms with Gasteiger partial charge >= 0.3 is 0 Å². The first-order valence-electron chi connectivity index (χ1n) is 8.17. The summed E-state index contributed by atoms with van der Waals surface area (Å²) in [6.07, 6.45) is 3.43. The van der Waals surface area contributed by atoms with E-state index in [1.54, 1.807) is 24.3 Å². The van der Waals surface area contributed by atoms with E-state index < -0.39 is 17.7 Å². The largest absolute Gasteiger partial charge is 0.496 e. The summed E-state index contributed by atoms with van der Waals surface area (Å²) in [7, 11) is 1.45. The number of hydrogen-bond acceptors (Lipinski definition) is 5. The van der Waals surface area contributed by atoms with E-state index in [-0.39, 0.29) is 18.5 Å². The fraction of sp³-hybridized carbons (Fsp3) is 0.471. The molecule has 3 N–H and O–H groups in total. The number of carbonyl (C=O) groups is 3. The predicted octanol–water partition coefficient (Wildman–Crippen LogP) is 1.50. The van der Waals surface area contributed by atoms with Crippen LogP contribution in [0.15, 0.2) is 24.3 Å². The van der Waals surface area contributed by atoms with Crippen LogP contribution in [-0.2, 0) is 9.59 Å². The fourth-order valence-electron chi connectivity index (χ4n) is 2.33. The minimum atomic E-state index is -0.625. The quantitative estimate of drug-likeness (QED) is 0.256. The molecule has 0 unspecified atom stereocenters. The molecule has 25 heavy (non-hydrogen) atoms. The minimum absolute atomic E-state index is 0.135. The van der Waals surface area contributed by atoms with Gasteiger partial charge in [-0.25, -0.2) is 5.06 Å². The van der Waals surface area contributed by atoms with Crippen molar-refractivity contribution in [2.24, 2.45) is 5.92 Å². The van der Waals surface area contributed by atoms with Gasteiger partial charge in [0.2, 0.25) is 12.3 Å². The van der Waals surface area contributed by atoms with Gasteiger partial charge in [0, 0.05) is 0 Å². The molecule has 0 aromatic heterocycles. The number of ether oxygens (including phenoxy) is 1. The molecule has 1 aromatic rings. The molecule has 1 atom stereocenters. The van der Waals surface area contributed by atoms with Gasteiger partial charge in [0.1, 0.15) is 5.75 Å². The number of amides is 3. The Labute approximate surface area is 147 Å². The van der Waals surface area contributed by atoms with Crippen LogP contribution in [0.1, 0.15) is 43.0 Å². The summed E-state index contributed by atoms with van der Waals surface area (Å²) < 4.78 is 5.10. The summed E-state index contributed by atoms with van der Waals surface area (Å²) in [5.41, 5.74) is 4.95. The summed E-state index contributed by atoms with van der Waals surface area (Å²) in [6.45, 7) is 1.90. The molecule has 0 heterocycles. The maximum atomic E-state index is 12.3. The summed E-state index contributed by atoms with van der Waals surface area (Å²) in [5.74, 6) is -1.23. The van der Waals surface area contributed by atoms with Gasteiger partial charge in [-0.2, -0.15) is 0 Å². The van der Waals surface area contributed by atoms with Crippen molar-refractivity contribution in [3.8, 4) is 5.75 Å². The molecule has 0 aliphatic rings. The number of rotatable bonds is 10. The summed E-state index contributed by atoms with van der Waals surface area (Å²) >= 11 is 0. The number of carbonyl (C=O) groups excluding carboxylic acids is 3. The molecule has 8 nitrogen and oxygen atoms in total. The maximum absolute atomic E-state index is 12.3. The Hall–Kier alpha value is -2.61. The average molecular weight is 351 g/mol. The van der Waals surface area contributed by atoms with Gasteiger partial charge < -0.3 is 4.74 Å². The summed E-state index contributed by atoms with van der Waals surface area (Å²) in [5, 5.41) is 9.77. The minimum Gasteiger partial charge on any atom is -0.496 e. The number of hydrazine groups is 1. The molecular formula is C17H25N3O5. The van der Waals surface area contributed by atoms with Crippen molar-refractivity contribution in [2.75, 3.05) is 13.7 Å². The monoisotopic (exact) mass is 351 g/mol. The van der Waals surface area contributed by atoms with Crippen molar-refractivity contribution in [2.45, 2.75) is 32.6 Å². The molecule has 0 spiro atoms. The van der Waals surface area contributed by atoms with E-state index in [0.29, 0.717) is 17.2 Å². The molecule has 8 heteroatoms. The lowest BCUT2D eigenvalue weighted by atomic mass is 10.0. The fourth-order valence-corrected chi connectivity index (χ4v) is 2.33. The van der Waals surface area contributed by atoms with Crippen molar-refractivity contribution < 1.29 is 24.3 Å². The molecule has 1 aromatic carbocycles. The zero-order chi connectivity index (χ0) is 18.7. The van der Waals surface area contributed by atoms with Crippen LogP contribution in [0.2, 0.25) is 0 Å². The number of methoxy groups -OCH3 is 1. The van der Waals surface area contributed by atoms with E-state index in [9.17, 15) is 19.6 Å². The third-order valence-corrected chi connectivity index (χ3v) is 3.71. The molecule has 138 valence electrons. The van der Waals surface area contributed by atoms with Gasteiger partial charge in [-0.3, -0.25) is 30.4 Å². The van der Waals surface area contributed by atoms with Crippen molar-refractivity contribution in [3.05, 3.63) is 29.8 Å². The van der Waals surface area contributed by atoms with Crippen LogP contribution in [0.5, 0.6) is 5.75 Å². The zero-order valence-corrected chi connectivity index (χ0v) is 14.5. The van der Waals surface area contributed by atoms with Crippen LogP contribution in [0.25, 0.3) is 0 Å². The van der Waals surface area contributed by atoms with Crippen LogP contribution in [0.4, 0.5) is 0 Å². The molecule has 0 aliphatic heterocycles. The van der Waals surface area contributed by atoms with Gasteiger partial charge in [0.25, 0.3) is 5.91 Å². The molecule has 0 saturated carbocycles. The number of nitrogens with one attached hydrogen (secondary N) is 2. The highest BCUT2D eigenvalue weighted by Gasteiger charge is 2.21. The number of para-hydroxylation sites is 1. The average Bonchev–Trinajstić information content (AvgIpc) is 2.64. The molecule has 3 amide bonds. The Kier molecular flexibility index (Phi) is 9.02. The van der Waals surface area contributed by atoms with Crippen LogP contribution in [-0.4, -0.2) is 42.1 Å². The molecule has 0 bridgehead atoms. The highest BCUT2D eigenvalue weighted by Crippen LogP contribution is 2.16. The molecule has 0 radical (unpaired) electrons. The molecular weight excluding hydrogens is 326 g/mol. The topological polar surface area (TPSA) is 108 Å². The zero-order valence-electron chi connectivity index (χ0n) is 14.5. The first-order valence-corrected chi connectivity index (χ1v) is 8.17. The number of hydrogen-bond donors (Lipinski definition) is 3. The van der Waals surface area contributed by atoms with Crippen LogP contribution < -0.4 is 15.6 Å². The van der Waals surface area contributed by atoms with Crippen LogP contribution in [0, 0.1) is 5.92 Å². The normalized spacial score (nSPS) is 11.3. The van der Waals surface area contributed by atoms with Gasteiger partial charge in [-0.15, -0.1) is 0 Å². The van der Waals surface area contributed by atoms with Crippen molar-refractivity contribution in [1.82, 2.24) is 15.9 Å². The number of hydroxylamine groups is 2. The van der Waals surface area contributed by atoms with E-state index in [0.717, 1.165) is 19.3 Å². The Morgan fingerprint density at radius 3 is 2.64 bits per heavy atom. The Bertz CT molecular complexity index is 579. The second kappa shape index (κ2) is 11.0. The maximum Gasteiger partial charge on any atom is 0.273 e. The Morgan fingerprint density at radius 2 is 2.00 bits per heavy atom. The van der Waals surface area contributed by atoms with Gasteiger partial charge in [0.15, 0.2) is 0 Å². The van der Waals surface area contributed by atoms with Crippen molar-refractivity contribution in [3.63, 3.8) is 0 Å². The van der Waals surface area contributed by atoms with Gasteiger partial charge in [-0.05, 0) is 18.6 Å². The van der Waals surface area contributed by atoms with Crippen molar-refractivity contribution >= 4 is 18.2 Å². The van der Waals surface area contributed by atoms with Gasteiger partial charge in [-0.1, -0.05) is 38.3 Å². The lowest BCUT2D eigenvalue weighted by molar-refractivity contribution is -0.154. The first kappa shape index (κ1) is 20.4. The highest BCUT2D eigenvalue weighted by atomic mass is 16.5. The van der Waals surface area contributed by atoms with E-state index in [4.69, 9.17) is 4.74 Å². The smallest absolute Gasteiger partial charge is 0.273 e. The highest BCUT2D eigenvalue weighted by molar-refractivity contribution is 5.98. The van der Waals surface area contributed by atoms with Crippen molar-refractivity contribution in [1.29, 1.82) is 0 Å². The van der Waals surface area contributed by atoms with E-state index >= 15 is 0 Å². The first-order chi connectivity index (χ1) is 12.0. The van der Waals surface area contributed by atoms with Crippen LogP contribution in [0.3, 0.4) is 0 Å². The lowest BCUT2D eigenvalue weighted by Crippen LogP contribution is -2.46. The lowest BCUT2D eigenvalue weighted by Gasteiger charge is -2.19. The predicted molar refractivity (Wildman–Crippen MR) is 90.8 cm³/mol. The third kappa shape index (κ3) is 6.80. The molecule has 0 saturated heterocycles. The van der Waals surface area contributed by atoms with Gasteiger partial charge in [0.05, 0.1) is 25.1 Å². The molecule has 1 rings (SSSR count). The second-order valence-electron chi connectivity index (χ2n) is 5.56. The number of unbranched alkanes of at least 4 members (excludes halogenated alkanes) is 2. The SMILES string of the molecule is CCCCC[C@H](CN(O)C=O)C(=O)NNC(=O)c1ccccc1OC.